The summed E-state index contributed by atoms with van der Waals surface area (Å²) in [6.07, 6.45) is 5.74. The van der Waals surface area contributed by atoms with E-state index in [0.29, 0.717) is 12.2 Å². The molecule has 90 valence electrons. The van der Waals surface area contributed by atoms with Gasteiger partial charge in [0, 0.05) is 13.1 Å². The maximum atomic E-state index is 5.93. The molecule has 2 atom stereocenters. The van der Waals surface area contributed by atoms with Crippen molar-refractivity contribution in [3.05, 3.63) is 0 Å². The third kappa shape index (κ3) is 5.50. The fourth-order valence-corrected chi connectivity index (χ4v) is 1.96. The van der Waals surface area contributed by atoms with Crippen molar-refractivity contribution in [2.24, 2.45) is 0 Å². The zero-order chi connectivity index (χ0) is 10.9. The molecule has 0 bridgehead atoms. The van der Waals surface area contributed by atoms with Gasteiger partial charge in [-0.3, -0.25) is 0 Å². The van der Waals surface area contributed by atoms with E-state index in [1.165, 1.54) is 25.7 Å². The molecule has 15 heavy (non-hydrogen) atoms. The maximum absolute atomic E-state index is 5.93. The first-order valence-electron chi connectivity index (χ1n) is 6.43. The van der Waals surface area contributed by atoms with Gasteiger partial charge in [0.25, 0.3) is 0 Å². The monoisotopic (exact) mass is 214 g/mol. The molecule has 3 heteroatoms. The first kappa shape index (κ1) is 12.9. The second-order valence-electron chi connectivity index (χ2n) is 4.37. The lowest BCUT2D eigenvalue weighted by Gasteiger charge is -2.14. The zero-order valence-electron chi connectivity index (χ0n) is 10.2. The van der Waals surface area contributed by atoms with Gasteiger partial charge >= 0.3 is 0 Å². The number of rotatable bonds is 8. The quantitative estimate of drug-likeness (QED) is 0.601. The summed E-state index contributed by atoms with van der Waals surface area (Å²) in [7, 11) is 0. The van der Waals surface area contributed by atoms with Crippen molar-refractivity contribution in [1.82, 2.24) is 10.6 Å². The summed E-state index contributed by atoms with van der Waals surface area (Å²) in [6, 6.07) is 0. The van der Waals surface area contributed by atoms with E-state index in [9.17, 15) is 0 Å². The zero-order valence-corrected chi connectivity index (χ0v) is 10.2. The number of ether oxygens (including phenoxy) is 1. The molecule has 0 aromatic carbocycles. The van der Waals surface area contributed by atoms with Gasteiger partial charge in [0.15, 0.2) is 0 Å². The summed E-state index contributed by atoms with van der Waals surface area (Å²) < 4.78 is 5.93. The van der Waals surface area contributed by atoms with Crippen LogP contribution in [-0.2, 0) is 4.74 Å². The second kappa shape index (κ2) is 8.08. The van der Waals surface area contributed by atoms with Crippen LogP contribution in [0.2, 0.25) is 0 Å². The number of hydrogen-bond acceptors (Lipinski definition) is 3. The first-order valence-corrected chi connectivity index (χ1v) is 6.43. The molecule has 1 fully saturated rings. The lowest BCUT2D eigenvalue weighted by molar-refractivity contribution is 0.0460. The molecule has 0 unspecified atom stereocenters. The fraction of sp³-hybridized carbons (Fsp3) is 1.00. The molecule has 0 aromatic rings. The highest BCUT2D eigenvalue weighted by atomic mass is 16.5. The van der Waals surface area contributed by atoms with Crippen molar-refractivity contribution in [3.8, 4) is 0 Å². The first-order chi connectivity index (χ1) is 7.36. The Morgan fingerprint density at radius 3 is 1.80 bits per heavy atom. The minimum absolute atomic E-state index is 0.449. The third-order valence-electron chi connectivity index (χ3n) is 2.79. The van der Waals surface area contributed by atoms with Crippen molar-refractivity contribution in [2.45, 2.75) is 51.7 Å². The average Bonchev–Trinajstić information content (AvgIpc) is 2.67. The molecule has 0 spiro atoms. The van der Waals surface area contributed by atoms with Crippen LogP contribution in [0.15, 0.2) is 0 Å². The van der Waals surface area contributed by atoms with Crippen LogP contribution in [0, 0.1) is 0 Å². The van der Waals surface area contributed by atoms with Crippen LogP contribution >= 0.6 is 0 Å². The minimum atomic E-state index is 0.449. The van der Waals surface area contributed by atoms with Crippen LogP contribution in [0.1, 0.15) is 39.5 Å². The van der Waals surface area contributed by atoms with Gasteiger partial charge in [-0.15, -0.1) is 0 Å². The predicted molar refractivity (Wildman–Crippen MR) is 64.2 cm³/mol. The van der Waals surface area contributed by atoms with Crippen LogP contribution in [-0.4, -0.2) is 38.4 Å². The molecule has 3 nitrogen and oxygen atoms in total. The van der Waals surface area contributed by atoms with Gasteiger partial charge in [0.05, 0.1) is 12.2 Å². The smallest absolute Gasteiger partial charge is 0.0704 e. The van der Waals surface area contributed by atoms with Crippen molar-refractivity contribution < 1.29 is 4.74 Å². The highest BCUT2D eigenvalue weighted by Gasteiger charge is 2.23. The normalized spacial score (nSPS) is 26.0. The summed E-state index contributed by atoms with van der Waals surface area (Å²) in [5.41, 5.74) is 0. The molecule has 0 aromatic heterocycles. The SMILES string of the molecule is CCCNC[C@H]1CC[C@@H](CNCCC)O1. The predicted octanol–water partition coefficient (Wildman–Crippen LogP) is 1.53. The minimum Gasteiger partial charge on any atom is -0.372 e. The van der Waals surface area contributed by atoms with Crippen LogP contribution in [0.25, 0.3) is 0 Å². The van der Waals surface area contributed by atoms with Crippen molar-refractivity contribution >= 4 is 0 Å². The Bertz CT molecular complexity index is 137. The summed E-state index contributed by atoms with van der Waals surface area (Å²) in [5.74, 6) is 0. The summed E-state index contributed by atoms with van der Waals surface area (Å²) >= 11 is 0. The topological polar surface area (TPSA) is 33.3 Å². The number of nitrogens with one attached hydrogen (secondary N) is 2. The Hall–Kier alpha value is -0.120. The molecule has 2 N–H and O–H groups in total. The Balaban J connectivity index is 1.99. The van der Waals surface area contributed by atoms with Crippen LogP contribution in [0.4, 0.5) is 0 Å². The van der Waals surface area contributed by atoms with Gasteiger partial charge in [-0.1, -0.05) is 13.8 Å². The Labute approximate surface area is 94.0 Å². The van der Waals surface area contributed by atoms with Gasteiger partial charge in [-0.05, 0) is 38.8 Å². The largest absolute Gasteiger partial charge is 0.372 e. The molecule has 1 aliphatic heterocycles. The average molecular weight is 214 g/mol. The van der Waals surface area contributed by atoms with E-state index < -0.39 is 0 Å². The van der Waals surface area contributed by atoms with Crippen molar-refractivity contribution in [2.75, 3.05) is 26.2 Å². The van der Waals surface area contributed by atoms with Crippen LogP contribution in [0.3, 0.4) is 0 Å². The van der Waals surface area contributed by atoms with E-state index in [2.05, 4.69) is 24.5 Å². The molecule has 0 radical (unpaired) electrons. The van der Waals surface area contributed by atoms with Crippen molar-refractivity contribution in [1.29, 1.82) is 0 Å². The molecular formula is C12H26N2O. The van der Waals surface area contributed by atoms with E-state index in [-0.39, 0.29) is 0 Å². The van der Waals surface area contributed by atoms with E-state index in [1.807, 2.05) is 0 Å². The van der Waals surface area contributed by atoms with Crippen LogP contribution < -0.4 is 10.6 Å². The summed E-state index contributed by atoms with van der Waals surface area (Å²) in [6.45, 7) is 8.66. The summed E-state index contributed by atoms with van der Waals surface area (Å²) in [4.78, 5) is 0. The highest BCUT2D eigenvalue weighted by Crippen LogP contribution is 2.18. The van der Waals surface area contributed by atoms with Crippen LogP contribution in [0.5, 0.6) is 0 Å². The fourth-order valence-electron chi connectivity index (χ4n) is 1.96. The van der Waals surface area contributed by atoms with E-state index in [4.69, 9.17) is 4.74 Å². The highest BCUT2D eigenvalue weighted by molar-refractivity contribution is 4.76. The molecule has 0 amide bonds. The van der Waals surface area contributed by atoms with E-state index >= 15 is 0 Å². The Morgan fingerprint density at radius 1 is 0.933 bits per heavy atom. The van der Waals surface area contributed by atoms with Gasteiger partial charge < -0.3 is 15.4 Å². The standard InChI is InChI=1S/C12H26N2O/c1-3-7-13-9-11-5-6-12(15-11)10-14-8-4-2/h11-14H,3-10H2,1-2H3/t11-,12+. The Morgan fingerprint density at radius 2 is 1.40 bits per heavy atom. The second-order valence-corrected chi connectivity index (χ2v) is 4.37. The molecular weight excluding hydrogens is 188 g/mol. The van der Waals surface area contributed by atoms with Gasteiger partial charge in [0.2, 0.25) is 0 Å². The molecule has 0 saturated carbocycles. The lowest BCUT2D eigenvalue weighted by atomic mass is 10.2. The van der Waals surface area contributed by atoms with Gasteiger partial charge in [-0.25, -0.2) is 0 Å². The van der Waals surface area contributed by atoms with E-state index in [0.717, 1.165) is 26.2 Å². The summed E-state index contributed by atoms with van der Waals surface area (Å²) in [5, 5.41) is 6.84. The molecule has 1 saturated heterocycles. The van der Waals surface area contributed by atoms with Crippen molar-refractivity contribution in [3.63, 3.8) is 0 Å². The molecule has 1 aliphatic rings. The third-order valence-corrected chi connectivity index (χ3v) is 2.79. The molecule has 1 rings (SSSR count). The Kier molecular flexibility index (Phi) is 6.98. The molecule has 0 aliphatic carbocycles. The maximum Gasteiger partial charge on any atom is 0.0704 e. The van der Waals surface area contributed by atoms with Gasteiger partial charge in [0.1, 0.15) is 0 Å². The molecule has 1 heterocycles. The van der Waals surface area contributed by atoms with E-state index in [1.54, 1.807) is 0 Å². The lowest BCUT2D eigenvalue weighted by Crippen LogP contribution is -2.31. The number of hydrogen-bond donors (Lipinski definition) is 2. The van der Waals surface area contributed by atoms with Gasteiger partial charge in [-0.2, -0.15) is 0 Å².